The number of nitrogens with two attached hydrogens (primary N) is 1. The van der Waals surface area contributed by atoms with Crippen LogP contribution in [0.2, 0.25) is 0 Å². The van der Waals surface area contributed by atoms with Gasteiger partial charge >= 0.3 is 6.03 Å². The average Bonchev–Trinajstić information content (AvgIpc) is 3.18. The summed E-state index contributed by atoms with van der Waals surface area (Å²) in [6.07, 6.45) is 1.60. The van der Waals surface area contributed by atoms with Crippen LogP contribution in [0.1, 0.15) is 16.1 Å². The summed E-state index contributed by atoms with van der Waals surface area (Å²) in [5, 5.41) is 11.4. The molecule has 0 saturated carbocycles. The van der Waals surface area contributed by atoms with Crippen molar-refractivity contribution in [3.8, 4) is 11.4 Å². The topological polar surface area (TPSA) is 116 Å². The van der Waals surface area contributed by atoms with Crippen molar-refractivity contribution in [3.63, 3.8) is 0 Å². The van der Waals surface area contributed by atoms with E-state index in [0.717, 1.165) is 11.3 Å². The second kappa shape index (κ2) is 7.44. The largest absolute Gasteiger partial charge is 0.469 e. The molecule has 2 heterocycles. The molecule has 0 bridgehead atoms. The van der Waals surface area contributed by atoms with Crippen molar-refractivity contribution in [2.45, 2.75) is 12.1 Å². The number of Topliss-reactive ketones (excluding diaryl/α,β-unsaturated/α-hetero) is 1. The van der Waals surface area contributed by atoms with E-state index in [1.165, 1.54) is 11.8 Å². The Morgan fingerprint density at radius 1 is 1.23 bits per heavy atom. The van der Waals surface area contributed by atoms with Gasteiger partial charge in [-0.2, -0.15) is 0 Å². The Labute approximate surface area is 153 Å². The van der Waals surface area contributed by atoms with Crippen LogP contribution in [0.25, 0.3) is 11.4 Å². The minimum Gasteiger partial charge on any atom is -0.469 e. The molecule has 9 heteroatoms. The van der Waals surface area contributed by atoms with Crippen LogP contribution in [0.15, 0.2) is 46.2 Å². The van der Waals surface area contributed by atoms with Crippen LogP contribution >= 0.6 is 11.8 Å². The van der Waals surface area contributed by atoms with Gasteiger partial charge in [0.1, 0.15) is 5.76 Å². The van der Waals surface area contributed by atoms with Crippen molar-refractivity contribution in [2.75, 3.05) is 11.1 Å². The molecule has 134 valence electrons. The standard InChI is InChI=1S/C17H17N5O3S/c1-10-13(7-8-25-10)15-20-21-17(22(15)2)26-9-14(23)11-3-5-12(6-4-11)19-16(18)24/h3-8H,9H2,1-2H3,(H3,18,19,24). The van der Waals surface area contributed by atoms with E-state index in [9.17, 15) is 9.59 Å². The van der Waals surface area contributed by atoms with Gasteiger partial charge in [0.15, 0.2) is 16.8 Å². The first-order valence-corrected chi connectivity index (χ1v) is 8.70. The zero-order valence-electron chi connectivity index (χ0n) is 14.2. The number of amides is 2. The molecule has 0 aliphatic carbocycles. The van der Waals surface area contributed by atoms with E-state index in [0.29, 0.717) is 22.2 Å². The van der Waals surface area contributed by atoms with Crippen LogP contribution < -0.4 is 11.1 Å². The number of nitrogens with zero attached hydrogens (tertiary/aromatic N) is 3. The SMILES string of the molecule is Cc1occc1-c1nnc(SCC(=O)c2ccc(NC(N)=O)cc2)n1C. The van der Waals surface area contributed by atoms with E-state index in [1.54, 1.807) is 30.5 Å². The van der Waals surface area contributed by atoms with Crippen molar-refractivity contribution in [2.24, 2.45) is 12.8 Å². The van der Waals surface area contributed by atoms with Crippen molar-refractivity contribution < 1.29 is 14.0 Å². The monoisotopic (exact) mass is 371 g/mol. The van der Waals surface area contributed by atoms with E-state index >= 15 is 0 Å². The van der Waals surface area contributed by atoms with Crippen molar-refractivity contribution in [1.82, 2.24) is 14.8 Å². The zero-order chi connectivity index (χ0) is 18.7. The van der Waals surface area contributed by atoms with Gasteiger partial charge in [-0.25, -0.2) is 4.79 Å². The number of hydrogen-bond acceptors (Lipinski definition) is 6. The second-order valence-electron chi connectivity index (χ2n) is 5.53. The van der Waals surface area contributed by atoms with Gasteiger partial charge in [0.25, 0.3) is 0 Å². The van der Waals surface area contributed by atoms with Crippen molar-refractivity contribution >= 4 is 29.3 Å². The maximum atomic E-state index is 12.3. The number of hydrogen-bond donors (Lipinski definition) is 2. The van der Waals surface area contributed by atoms with E-state index in [4.69, 9.17) is 10.2 Å². The molecule has 0 atom stereocenters. The predicted molar refractivity (Wildman–Crippen MR) is 98.1 cm³/mol. The number of benzene rings is 1. The number of furan rings is 1. The summed E-state index contributed by atoms with van der Waals surface area (Å²) in [7, 11) is 1.85. The van der Waals surface area contributed by atoms with Gasteiger partial charge < -0.3 is 20.0 Å². The fraction of sp³-hybridized carbons (Fsp3) is 0.176. The number of carbonyl (C=O) groups excluding carboxylic acids is 2. The molecule has 0 radical (unpaired) electrons. The Morgan fingerprint density at radius 2 is 1.96 bits per heavy atom. The molecular formula is C17H17N5O3S. The Hall–Kier alpha value is -3.07. The van der Waals surface area contributed by atoms with E-state index in [2.05, 4.69) is 15.5 Å². The molecule has 0 saturated heterocycles. The van der Waals surface area contributed by atoms with Gasteiger partial charge in [-0.1, -0.05) is 11.8 Å². The molecule has 2 aromatic heterocycles. The lowest BCUT2D eigenvalue weighted by Crippen LogP contribution is -2.19. The molecule has 0 unspecified atom stereocenters. The van der Waals surface area contributed by atoms with E-state index in [-0.39, 0.29) is 11.5 Å². The highest BCUT2D eigenvalue weighted by molar-refractivity contribution is 7.99. The lowest BCUT2D eigenvalue weighted by atomic mass is 10.1. The van der Waals surface area contributed by atoms with Crippen LogP contribution in [0, 0.1) is 6.92 Å². The molecule has 0 fully saturated rings. The summed E-state index contributed by atoms with van der Waals surface area (Å²) in [5.41, 5.74) is 7.00. The number of rotatable bonds is 6. The Morgan fingerprint density at radius 3 is 2.58 bits per heavy atom. The number of thioether (sulfide) groups is 1. The maximum absolute atomic E-state index is 12.3. The summed E-state index contributed by atoms with van der Waals surface area (Å²) in [6, 6.07) is 7.73. The number of nitrogens with one attached hydrogen (secondary N) is 1. The highest BCUT2D eigenvalue weighted by atomic mass is 32.2. The fourth-order valence-electron chi connectivity index (χ4n) is 2.39. The lowest BCUT2D eigenvalue weighted by Gasteiger charge is -2.05. The highest BCUT2D eigenvalue weighted by Gasteiger charge is 2.16. The molecule has 3 N–H and O–H groups in total. The maximum Gasteiger partial charge on any atom is 0.316 e. The van der Waals surface area contributed by atoms with Gasteiger partial charge in [0, 0.05) is 18.3 Å². The van der Waals surface area contributed by atoms with Gasteiger partial charge in [-0.05, 0) is 37.3 Å². The van der Waals surface area contributed by atoms with Crippen LogP contribution in [0.4, 0.5) is 10.5 Å². The summed E-state index contributed by atoms with van der Waals surface area (Å²) >= 11 is 1.31. The average molecular weight is 371 g/mol. The third-order valence-corrected chi connectivity index (χ3v) is 4.76. The minimum atomic E-state index is -0.648. The molecule has 3 aromatic rings. The summed E-state index contributed by atoms with van der Waals surface area (Å²) < 4.78 is 7.13. The Bertz CT molecular complexity index is 946. The van der Waals surface area contributed by atoms with E-state index in [1.807, 2.05) is 24.6 Å². The number of aromatic nitrogens is 3. The quantitative estimate of drug-likeness (QED) is 0.508. The number of ketones is 1. The first-order chi connectivity index (χ1) is 12.5. The van der Waals surface area contributed by atoms with Gasteiger partial charge in [-0.15, -0.1) is 10.2 Å². The van der Waals surface area contributed by atoms with Crippen LogP contribution in [0.5, 0.6) is 0 Å². The molecule has 0 aliphatic heterocycles. The number of anilines is 1. The number of aryl methyl sites for hydroxylation is 1. The summed E-state index contributed by atoms with van der Waals surface area (Å²) in [6.45, 7) is 1.86. The first-order valence-electron chi connectivity index (χ1n) is 7.72. The smallest absolute Gasteiger partial charge is 0.316 e. The normalized spacial score (nSPS) is 10.7. The summed E-state index contributed by atoms with van der Waals surface area (Å²) in [4.78, 5) is 23.2. The molecular weight excluding hydrogens is 354 g/mol. The van der Waals surface area contributed by atoms with Crippen molar-refractivity contribution in [3.05, 3.63) is 47.9 Å². The van der Waals surface area contributed by atoms with Gasteiger partial charge in [0.2, 0.25) is 0 Å². The lowest BCUT2D eigenvalue weighted by molar-refractivity contribution is 0.102. The molecule has 1 aromatic carbocycles. The number of primary amides is 1. The van der Waals surface area contributed by atoms with E-state index < -0.39 is 6.03 Å². The second-order valence-corrected chi connectivity index (χ2v) is 6.48. The molecule has 8 nitrogen and oxygen atoms in total. The number of urea groups is 1. The van der Waals surface area contributed by atoms with Crippen LogP contribution in [-0.2, 0) is 7.05 Å². The van der Waals surface area contributed by atoms with Crippen LogP contribution in [0.3, 0.4) is 0 Å². The third-order valence-electron chi connectivity index (χ3n) is 3.74. The number of carbonyl (C=O) groups is 2. The minimum absolute atomic E-state index is 0.0512. The van der Waals surface area contributed by atoms with Gasteiger partial charge in [0.05, 0.1) is 17.6 Å². The molecule has 0 spiro atoms. The third kappa shape index (κ3) is 3.77. The zero-order valence-corrected chi connectivity index (χ0v) is 15.0. The van der Waals surface area contributed by atoms with Crippen LogP contribution in [-0.4, -0.2) is 32.3 Å². The van der Waals surface area contributed by atoms with Crippen molar-refractivity contribution in [1.29, 1.82) is 0 Å². The highest BCUT2D eigenvalue weighted by Crippen LogP contribution is 2.26. The predicted octanol–water partition coefficient (Wildman–Crippen LogP) is 2.85. The summed E-state index contributed by atoms with van der Waals surface area (Å²) in [5.74, 6) is 1.62. The van der Waals surface area contributed by atoms with Gasteiger partial charge in [-0.3, -0.25) is 4.79 Å². The Kier molecular flexibility index (Phi) is 5.08. The fourth-order valence-corrected chi connectivity index (χ4v) is 3.19. The molecule has 2 amide bonds. The molecule has 26 heavy (non-hydrogen) atoms. The Balaban J connectivity index is 1.66. The molecule has 3 rings (SSSR count). The molecule has 0 aliphatic rings. The first kappa shape index (κ1) is 17.7.